The lowest BCUT2D eigenvalue weighted by Gasteiger charge is -2.29. The minimum absolute atomic E-state index is 0.00532. The van der Waals surface area contributed by atoms with Gasteiger partial charge in [0.1, 0.15) is 0 Å². The molecule has 0 spiro atoms. The summed E-state index contributed by atoms with van der Waals surface area (Å²) in [6.07, 6.45) is 0. The Kier molecular flexibility index (Phi) is 3.05. The van der Waals surface area contributed by atoms with E-state index in [0.29, 0.717) is 19.7 Å². The molecule has 0 aromatic carbocycles. The zero-order valence-corrected chi connectivity index (χ0v) is 9.49. The van der Waals surface area contributed by atoms with Crippen molar-refractivity contribution in [3.8, 4) is 0 Å². The van der Waals surface area contributed by atoms with E-state index in [4.69, 9.17) is 4.74 Å². The average Bonchev–Trinajstić information content (AvgIpc) is 2.26. The number of carbonyl (C=O) groups excluding carboxylic acids is 1. The van der Waals surface area contributed by atoms with Crippen molar-refractivity contribution in [1.82, 2.24) is 4.98 Å². The monoisotopic (exact) mass is 221 g/mol. The van der Waals surface area contributed by atoms with Crippen LogP contribution in [0.5, 0.6) is 0 Å². The SMILES string of the molecule is COCCN1CC(=O)Nc2ccc(C)nc21. The van der Waals surface area contributed by atoms with Crippen molar-refractivity contribution in [3.05, 3.63) is 17.8 Å². The van der Waals surface area contributed by atoms with Crippen LogP contribution in [0.15, 0.2) is 12.1 Å². The number of methoxy groups -OCH3 is 1. The molecule has 16 heavy (non-hydrogen) atoms. The second-order valence-electron chi connectivity index (χ2n) is 3.79. The van der Waals surface area contributed by atoms with Crippen LogP contribution in [-0.4, -0.2) is 37.7 Å². The van der Waals surface area contributed by atoms with Crippen molar-refractivity contribution in [3.63, 3.8) is 0 Å². The highest BCUT2D eigenvalue weighted by Crippen LogP contribution is 2.26. The van der Waals surface area contributed by atoms with E-state index in [1.54, 1.807) is 7.11 Å². The van der Waals surface area contributed by atoms with Crippen LogP contribution in [0.25, 0.3) is 0 Å². The third-order valence-electron chi connectivity index (χ3n) is 2.49. The fraction of sp³-hybridized carbons (Fsp3) is 0.455. The number of hydrogen-bond acceptors (Lipinski definition) is 4. The van der Waals surface area contributed by atoms with Gasteiger partial charge < -0.3 is 15.0 Å². The predicted octanol–water partition coefficient (Wildman–Crippen LogP) is 0.795. The molecule has 86 valence electrons. The normalized spacial score (nSPS) is 14.6. The lowest BCUT2D eigenvalue weighted by molar-refractivity contribution is -0.115. The lowest BCUT2D eigenvalue weighted by atomic mass is 10.2. The van der Waals surface area contributed by atoms with Gasteiger partial charge in [0, 0.05) is 19.3 Å². The Labute approximate surface area is 94.4 Å². The quantitative estimate of drug-likeness (QED) is 0.820. The summed E-state index contributed by atoms with van der Waals surface area (Å²) in [4.78, 5) is 17.8. The van der Waals surface area contributed by atoms with Crippen molar-refractivity contribution in [1.29, 1.82) is 0 Å². The van der Waals surface area contributed by atoms with Crippen molar-refractivity contribution < 1.29 is 9.53 Å². The van der Waals surface area contributed by atoms with Crippen LogP contribution >= 0.6 is 0 Å². The van der Waals surface area contributed by atoms with E-state index in [0.717, 1.165) is 17.2 Å². The number of nitrogens with one attached hydrogen (secondary N) is 1. The molecule has 2 rings (SSSR count). The molecule has 0 radical (unpaired) electrons. The van der Waals surface area contributed by atoms with Crippen LogP contribution in [0.3, 0.4) is 0 Å². The highest BCUT2D eigenvalue weighted by atomic mass is 16.5. The molecular weight excluding hydrogens is 206 g/mol. The standard InChI is InChI=1S/C11H15N3O2/c1-8-3-4-9-11(12-8)14(5-6-16-2)7-10(15)13-9/h3-4H,5-7H2,1-2H3,(H,13,15). The summed E-state index contributed by atoms with van der Waals surface area (Å²) < 4.78 is 5.02. The number of pyridine rings is 1. The van der Waals surface area contributed by atoms with Crippen LogP contribution in [0, 0.1) is 6.92 Å². The average molecular weight is 221 g/mol. The number of amides is 1. The molecule has 1 N–H and O–H groups in total. The largest absolute Gasteiger partial charge is 0.383 e. The minimum atomic E-state index is -0.00532. The van der Waals surface area contributed by atoms with Crippen LogP contribution in [0.2, 0.25) is 0 Å². The summed E-state index contributed by atoms with van der Waals surface area (Å²) >= 11 is 0. The molecule has 0 fully saturated rings. The maximum Gasteiger partial charge on any atom is 0.244 e. The van der Waals surface area contributed by atoms with Gasteiger partial charge in [0.05, 0.1) is 18.8 Å². The first kappa shape index (κ1) is 10.9. The summed E-state index contributed by atoms with van der Waals surface area (Å²) in [6, 6.07) is 3.77. The summed E-state index contributed by atoms with van der Waals surface area (Å²) in [6.45, 7) is 3.54. The second-order valence-corrected chi connectivity index (χ2v) is 3.79. The molecule has 2 heterocycles. The van der Waals surface area contributed by atoms with Gasteiger partial charge in [0.25, 0.3) is 0 Å². The Hall–Kier alpha value is -1.62. The molecule has 0 unspecified atom stereocenters. The van der Waals surface area contributed by atoms with E-state index in [-0.39, 0.29) is 5.91 Å². The molecule has 1 aromatic heterocycles. The molecule has 0 saturated carbocycles. The third kappa shape index (κ3) is 2.14. The van der Waals surface area contributed by atoms with Gasteiger partial charge in [-0.25, -0.2) is 4.98 Å². The van der Waals surface area contributed by atoms with Gasteiger partial charge in [-0.2, -0.15) is 0 Å². The first-order chi connectivity index (χ1) is 7.70. The number of aryl methyl sites for hydroxylation is 1. The van der Waals surface area contributed by atoms with Crippen molar-refractivity contribution in [2.24, 2.45) is 0 Å². The Bertz CT molecular complexity index is 406. The highest BCUT2D eigenvalue weighted by molar-refractivity contribution is 6.00. The molecule has 0 atom stereocenters. The number of anilines is 2. The number of nitrogens with zero attached hydrogens (tertiary/aromatic N) is 2. The topological polar surface area (TPSA) is 54.5 Å². The number of ether oxygens (including phenoxy) is 1. The summed E-state index contributed by atoms with van der Waals surface area (Å²) in [5.74, 6) is 0.825. The van der Waals surface area contributed by atoms with Crippen molar-refractivity contribution >= 4 is 17.4 Å². The zero-order valence-electron chi connectivity index (χ0n) is 9.49. The molecule has 5 nitrogen and oxygen atoms in total. The fourth-order valence-electron chi connectivity index (χ4n) is 1.71. The number of rotatable bonds is 3. The molecule has 0 saturated heterocycles. The Morgan fingerprint density at radius 1 is 1.56 bits per heavy atom. The molecule has 5 heteroatoms. The maximum atomic E-state index is 11.5. The third-order valence-corrected chi connectivity index (χ3v) is 2.49. The first-order valence-electron chi connectivity index (χ1n) is 5.22. The van der Waals surface area contributed by atoms with Gasteiger partial charge >= 0.3 is 0 Å². The van der Waals surface area contributed by atoms with Gasteiger partial charge in [-0.15, -0.1) is 0 Å². The summed E-state index contributed by atoms with van der Waals surface area (Å²) in [7, 11) is 1.65. The zero-order chi connectivity index (χ0) is 11.5. The van der Waals surface area contributed by atoms with E-state index < -0.39 is 0 Å². The van der Waals surface area contributed by atoms with Gasteiger partial charge in [-0.05, 0) is 19.1 Å². The second kappa shape index (κ2) is 4.49. The number of hydrogen-bond donors (Lipinski definition) is 1. The number of aromatic nitrogens is 1. The smallest absolute Gasteiger partial charge is 0.244 e. The predicted molar refractivity (Wildman–Crippen MR) is 61.7 cm³/mol. The Morgan fingerprint density at radius 3 is 3.12 bits per heavy atom. The van der Waals surface area contributed by atoms with Crippen LogP contribution in [0.1, 0.15) is 5.69 Å². The van der Waals surface area contributed by atoms with Gasteiger partial charge in [-0.1, -0.05) is 0 Å². The highest BCUT2D eigenvalue weighted by Gasteiger charge is 2.22. The molecular formula is C11H15N3O2. The molecule has 1 aromatic rings. The van der Waals surface area contributed by atoms with Crippen LogP contribution in [-0.2, 0) is 9.53 Å². The van der Waals surface area contributed by atoms with Gasteiger partial charge in [-0.3, -0.25) is 4.79 Å². The maximum absolute atomic E-state index is 11.5. The van der Waals surface area contributed by atoms with Gasteiger partial charge in [0.15, 0.2) is 5.82 Å². The molecule has 1 amide bonds. The number of fused-ring (bicyclic) bond motifs is 1. The Balaban J connectivity index is 2.28. The molecule has 1 aliphatic heterocycles. The van der Waals surface area contributed by atoms with E-state index >= 15 is 0 Å². The minimum Gasteiger partial charge on any atom is -0.383 e. The van der Waals surface area contributed by atoms with E-state index in [1.165, 1.54) is 0 Å². The van der Waals surface area contributed by atoms with E-state index in [9.17, 15) is 4.79 Å². The summed E-state index contributed by atoms with van der Waals surface area (Å²) in [5.41, 5.74) is 1.72. The molecule has 0 bridgehead atoms. The first-order valence-corrected chi connectivity index (χ1v) is 5.22. The van der Waals surface area contributed by atoms with Gasteiger partial charge in [0.2, 0.25) is 5.91 Å². The Morgan fingerprint density at radius 2 is 2.38 bits per heavy atom. The molecule has 0 aliphatic carbocycles. The molecule has 1 aliphatic rings. The van der Waals surface area contributed by atoms with Crippen LogP contribution < -0.4 is 10.2 Å². The van der Waals surface area contributed by atoms with Crippen molar-refractivity contribution in [2.45, 2.75) is 6.92 Å². The van der Waals surface area contributed by atoms with Crippen molar-refractivity contribution in [2.75, 3.05) is 37.0 Å². The van der Waals surface area contributed by atoms with E-state index in [2.05, 4.69) is 10.3 Å². The van der Waals surface area contributed by atoms with E-state index in [1.807, 2.05) is 24.0 Å². The number of carbonyl (C=O) groups is 1. The fourth-order valence-corrected chi connectivity index (χ4v) is 1.71. The summed E-state index contributed by atoms with van der Waals surface area (Å²) in [5, 5.41) is 2.81. The van der Waals surface area contributed by atoms with Crippen LogP contribution in [0.4, 0.5) is 11.5 Å². The lowest BCUT2D eigenvalue weighted by Crippen LogP contribution is -2.40.